The normalized spacial score (nSPS) is 7.00. The predicted octanol–water partition coefficient (Wildman–Crippen LogP) is 5.14. The van der Waals surface area contributed by atoms with Gasteiger partial charge >= 0.3 is 26.2 Å². The molecule has 0 spiro atoms. The molecule has 98 valence electrons. The third-order valence-corrected chi connectivity index (χ3v) is 1.14. The molecule has 0 saturated carbocycles. The van der Waals surface area contributed by atoms with E-state index in [1.807, 2.05) is 0 Å². The summed E-state index contributed by atoms with van der Waals surface area (Å²) in [6, 6.07) is 8.41. The van der Waals surface area contributed by atoms with E-state index in [0.717, 1.165) is 6.42 Å². The van der Waals surface area contributed by atoms with Crippen molar-refractivity contribution in [3.8, 4) is 0 Å². The van der Waals surface area contributed by atoms with Gasteiger partial charge in [0.25, 0.3) is 0 Å². The maximum absolute atomic E-state index is 6.21. The Kier molecular flexibility index (Phi) is 45.3. The first-order valence-corrected chi connectivity index (χ1v) is 5.82. The van der Waals surface area contributed by atoms with Crippen LogP contribution in [-0.2, 0) is 32.6 Å². The Labute approximate surface area is 127 Å². The molecule has 0 amide bonds. The third-order valence-electron chi connectivity index (χ3n) is 1.14. The van der Waals surface area contributed by atoms with Crippen LogP contribution in [0.4, 0.5) is 0 Å². The molecule has 0 aromatic heterocycles. The Hall–Kier alpha value is 0.113. The molecular weight excluding hydrogens is 289 g/mol. The fourth-order valence-electron chi connectivity index (χ4n) is 0.650. The van der Waals surface area contributed by atoms with Gasteiger partial charge in [-0.05, 0) is 0 Å². The second-order valence-corrected chi connectivity index (χ2v) is 2.71. The van der Waals surface area contributed by atoms with E-state index in [4.69, 9.17) is 17.2 Å². The Balaban J connectivity index is -0.0000000734. The van der Waals surface area contributed by atoms with Crippen LogP contribution in [0.3, 0.4) is 0 Å². The summed E-state index contributed by atoms with van der Waals surface area (Å²) in [5.74, 6) is 0. The minimum absolute atomic E-state index is 0. The Bertz CT molecular complexity index is 160. The summed E-state index contributed by atoms with van der Waals surface area (Å²) < 4.78 is 0. The van der Waals surface area contributed by atoms with Gasteiger partial charge in [-0.15, -0.1) is 0 Å². The Morgan fingerprint density at radius 2 is 1.00 bits per heavy atom. The molecule has 0 saturated heterocycles. The molecule has 0 aliphatic heterocycles. The number of nitrogens with one attached hydrogen (secondary N) is 3. The summed E-state index contributed by atoms with van der Waals surface area (Å²) in [7, 11) is 0. The SMILES string of the molecule is CC[NH-].CC[NH-].CC[NH-].CC[c-]1cccc1.[Zr+4]. The van der Waals surface area contributed by atoms with E-state index >= 15 is 0 Å². The van der Waals surface area contributed by atoms with Gasteiger partial charge in [0.15, 0.2) is 0 Å². The molecule has 0 fully saturated rings. The van der Waals surface area contributed by atoms with Crippen LogP contribution in [-0.4, -0.2) is 19.6 Å². The van der Waals surface area contributed by atoms with Gasteiger partial charge in [0.2, 0.25) is 0 Å². The van der Waals surface area contributed by atoms with Gasteiger partial charge in [0.1, 0.15) is 0 Å². The van der Waals surface area contributed by atoms with Crippen molar-refractivity contribution in [2.45, 2.75) is 34.1 Å². The second-order valence-electron chi connectivity index (χ2n) is 2.71. The van der Waals surface area contributed by atoms with E-state index in [1.165, 1.54) is 5.56 Å². The quantitative estimate of drug-likeness (QED) is 0.643. The van der Waals surface area contributed by atoms with Gasteiger partial charge in [-0.3, -0.25) is 0 Å². The average Bonchev–Trinajstić information content (AvgIpc) is 2.73. The molecule has 1 aromatic carbocycles. The maximum atomic E-state index is 6.21. The van der Waals surface area contributed by atoms with Crippen molar-refractivity contribution in [1.82, 2.24) is 0 Å². The first-order chi connectivity index (χ1) is 7.67. The van der Waals surface area contributed by atoms with Gasteiger partial charge in [-0.1, -0.05) is 34.1 Å². The summed E-state index contributed by atoms with van der Waals surface area (Å²) in [6.07, 6.45) is 1.16. The van der Waals surface area contributed by atoms with Crippen molar-refractivity contribution in [1.29, 1.82) is 0 Å². The molecule has 4 heteroatoms. The molecule has 0 bridgehead atoms. The molecule has 3 nitrogen and oxygen atoms in total. The van der Waals surface area contributed by atoms with Crippen molar-refractivity contribution in [2.24, 2.45) is 0 Å². The average molecular weight is 317 g/mol. The molecule has 0 atom stereocenters. The standard InChI is InChI=1S/C7H9.3C2H6N.Zr/c1-2-7-5-3-4-6-7;3*1-2-3;/h3-6H,2H2,1H3;3*3H,2H2,1H3;/q4*-1;+4. The van der Waals surface area contributed by atoms with Crippen LogP contribution in [0.15, 0.2) is 24.3 Å². The van der Waals surface area contributed by atoms with Crippen LogP contribution in [0.5, 0.6) is 0 Å². The number of hydrogen-bond acceptors (Lipinski definition) is 0. The van der Waals surface area contributed by atoms with Crippen LogP contribution in [0.2, 0.25) is 0 Å². The zero-order valence-electron chi connectivity index (χ0n) is 11.6. The topological polar surface area (TPSA) is 71.4 Å². The fourth-order valence-corrected chi connectivity index (χ4v) is 0.650. The van der Waals surface area contributed by atoms with Gasteiger partial charge < -0.3 is 17.2 Å². The smallest absolute Gasteiger partial charge is 0.678 e. The van der Waals surface area contributed by atoms with Crippen molar-refractivity contribution in [3.63, 3.8) is 0 Å². The minimum Gasteiger partial charge on any atom is -0.678 e. The van der Waals surface area contributed by atoms with Crippen molar-refractivity contribution < 1.29 is 26.2 Å². The van der Waals surface area contributed by atoms with E-state index in [1.54, 1.807) is 20.8 Å². The molecule has 17 heavy (non-hydrogen) atoms. The maximum Gasteiger partial charge on any atom is 4.00 e. The van der Waals surface area contributed by atoms with Crippen LogP contribution in [0, 0.1) is 0 Å². The van der Waals surface area contributed by atoms with Crippen LogP contribution in [0.25, 0.3) is 17.2 Å². The van der Waals surface area contributed by atoms with E-state index < -0.39 is 0 Å². The Morgan fingerprint density at radius 3 is 1.12 bits per heavy atom. The minimum atomic E-state index is 0. The summed E-state index contributed by atoms with van der Waals surface area (Å²) in [5, 5.41) is 0. The zero-order valence-corrected chi connectivity index (χ0v) is 14.1. The largest absolute Gasteiger partial charge is 4.00 e. The summed E-state index contributed by atoms with van der Waals surface area (Å²) in [4.78, 5) is 0. The third kappa shape index (κ3) is 38.6. The van der Waals surface area contributed by atoms with Crippen LogP contribution < -0.4 is 0 Å². The monoisotopic (exact) mass is 315 g/mol. The van der Waals surface area contributed by atoms with E-state index in [-0.39, 0.29) is 26.2 Å². The molecule has 0 radical (unpaired) electrons. The number of hydrogen-bond donors (Lipinski definition) is 0. The molecular formula is C13H27N3Zr. The molecule has 0 aliphatic rings. The van der Waals surface area contributed by atoms with Crippen molar-refractivity contribution in [3.05, 3.63) is 47.0 Å². The summed E-state index contributed by atoms with van der Waals surface area (Å²) in [6.45, 7) is 9.04. The fraction of sp³-hybridized carbons (Fsp3) is 0.615. The molecule has 0 heterocycles. The van der Waals surface area contributed by atoms with Gasteiger partial charge in [-0.2, -0.15) is 37.3 Å². The van der Waals surface area contributed by atoms with Gasteiger partial charge in [0, 0.05) is 0 Å². The summed E-state index contributed by atoms with van der Waals surface area (Å²) in [5.41, 5.74) is 20.1. The van der Waals surface area contributed by atoms with E-state index in [9.17, 15) is 0 Å². The van der Waals surface area contributed by atoms with E-state index in [0.29, 0.717) is 19.6 Å². The Morgan fingerprint density at radius 1 is 0.765 bits per heavy atom. The molecule has 3 N–H and O–H groups in total. The first-order valence-electron chi connectivity index (χ1n) is 5.82. The van der Waals surface area contributed by atoms with Gasteiger partial charge in [0.05, 0.1) is 0 Å². The zero-order chi connectivity index (χ0) is 13.2. The first kappa shape index (κ1) is 25.8. The second kappa shape index (κ2) is 29.8. The molecule has 0 unspecified atom stereocenters. The summed E-state index contributed by atoms with van der Waals surface area (Å²) >= 11 is 0. The molecule has 1 rings (SSSR count). The van der Waals surface area contributed by atoms with Crippen molar-refractivity contribution in [2.75, 3.05) is 19.6 Å². The molecule has 1 aromatic rings. The van der Waals surface area contributed by atoms with Crippen LogP contribution in [0.1, 0.15) is 33.3 Å². The van der Waals surface area contributed by atoms with Gasteiger partial charge in [-0.25, -0.2) is 12.1 Å². The van der Waals surface area contributed by atoms with E-state index in [2.05, 4.69) is 31.2 Å². The molecule has 0 aliphatic carbocycles. The number of aryl methyl sites for hydroxylation is 1. The number of rotatable bonds is 1. The van der Waals surface area contributed by atoms with Crippen LogP contribution >= 0.6 is 0 Å². The van der Waals surface area contributed by atoms with Crippen molar-refractivity contribution >= 4 is 0 Å². The predicted molar refractivity (Wildman–Crippen MR) is 76.0 cm³/mol.